The van der Waals surface area contributed by atoms with Crippen molar-refractivity contribution in [3.05, 3.63) is 340 Å². The van der Waals surface area contributed by atoms with Gasteiger partial charge in [0.25, 0.3) is 0 Å². The molecule has 0 N–H and O–H groups in total. The Balaban J connectivity index is 0.000000138. The molecule has 0 aliphatic heterocycles. The standard InChI is InChI=1S/C46H30.C42H26O/c1-2-11-31(12-3-1)38-27-28-43-44(30-38)45(35-24-21-33(22-25-35)37-26-23-32-13-4-5-15-36(32)29-37)41-18-8-9-19-42(41)46(43)40-20-10-16-34-14-6-7-17-39(34)40;1-3-12-28(13-4-1)40-33-17-9-10-18-34(33)41(29-14-5-2-6-15-29)36-25-30(19-22-35(36)40)31-21-23-38-37(26-31)42-32-16-8-7-11-27(32)20-24-39(42)43-38/h1-30H;1-26H. The minimum absolute atomic E-state index is 0.915. The molecule has 18 rings (SSSR count). The average molecular weight is 1130 g/mol. The Hall–Kier alpha value is -11.6. The molecule has 0 amide bonds. The normalized spacial score (nSPS) is 11.6. The summed E-state index contributed by atoms with van der Waals surface area (Å²) >= 11 is 0. The smallest absolute Gasteiger partial charge is 0.136 e. The van der Waals surface area contributed by atoms with Gasteiger partial charge in [-0.25, -0.2) is 0 Å². The second-order valence-electron chi connectivity index (χ2n) is 23.3. The fraction of sp³-hybridized carbons (Fsp3) is 0. The molecule has 0 aliphatic rings. The van der Waals surface area contributed by atoms with E-state index in [1.807, 2.05) is 0 Å². The van der Waals surface area contributed by atoms with Gasteiger partial charge in [0.1, 0.15) is 11.2 Å². The van der Waals surface area contributed by atoms with Crippen molar-refractivity contribution in [2.45, 2.75) is 0 Å². The minimum Gasteiger partial charge on any atom is -0.456 e. The molecule has 0 radical (unpaired) electrons. The fourth-order valence-corrected chi connectivity index (χ4v) is 14.1. The van der Waals surface area contributed by atoms with Gasteiger partial charge >= 0.3 is 0 Å². The molecular formula is C88H56O. The predicted octanol–water partition coefficient (Wildman–Crippen LogP) is 25.0. The van der Waals surface area contributed by atoms with Crippen LogP contribution in [0.2, 0.25) is 0 Å². The van der Waals surface area contributed by atoms with Gasteiger partial charge in [0, 0.05) is 10.8 Å². The molecule has 0 spiro atoms. The third kappa shape index (κ3) is 9.02. The monoisotopic (exact) mass is 1130 g/mol. The maximum absolute atomic E-state index is 6.31. The highest BCUT2D eigenvalue weighted by Gasteiger charge is 2.21. The van der Waals surface area contributed by atoms with E-state index in [0.29, 0.717) is 0 Å². The van der Waals surface area contributed by atoms with Gasteiger partial charge in [0.2, 0.25) is 0 Å². The summed E-state index contributed by atoms with van der Waals surface area (Å²) in [4.78, 5) is 0. The topological polar surface area (TPSA) is 13.1 Å². The molecule has 0 atom stereocenters. The summed E-state index contributed by atoms with van der Waals surface area (Å²) in [6, 6.07) is 123. The third-order valence-electron chi connectivity index (χ3n) is 18.3. The van der Waals surface area contributed by atoms with E-state index in [9.17, 15) is 0 Å². The number of hydrogen-bond acceptors (Lipinski definition) is 1. The molecule has 0 saturated carbocycles. The Morgan fingerprint density at radius 2 is 0.506 bits per heavy atom. The molecule has 18 aromatic rings. The van der Waals surface area contributed by atoms with E-state index in [2.05, 4.69) is 340 Å². The SMILES string of the molecule is c1ccc(-c2c3ccccc3c(-c3ccccc3)c3cc(-c4ccc5oc6ccc7ccccc7c6c5c4)ccc23)cc1.c1ccc(-c2ccc3c(-c4cccc5ccccc45)c4ccccc4c(-c4ccc(-c5ccc6ccccc6c5)cc4)c3c2)cc1. The molecule has 1 nitrogen and oxygen atoms in total. The first-order valence-electron chi connectivity index (χ1n) is 30.7. The molecule has 0 bridgehead atoms. The van der Waals surface area contributed by atoms with Crippen molar-refractivity contribution in [3.63, 3.8) is 0 Å². The maximum Gasteiger partial charge on any atom is 0.136 e. The van der Waals surface area contributed by atoms with Crippen LogP contribution in [-0.2, 0) is 0 Å². The zero-order valence-corrected chi connectivity index (χ0v) is 48.7. The van der Waals surface area contributed by atoms with Gasteiger partial charge in [0.15, 0.2) is 0 Å². The molecule has 1 heterocycles. The number of rotatable bonds is 7. The third-order valence-corrected chi connectivity index (χ3v) is 18.3. The van der Waals surface area contributed by atoms with Crippen LogP contribution >= 0.6 is 0 Å². The Morgan fingerprint density at radius 3 is 1.12 bits per heavy atom. The summed E-state index contributed by atoms with van der Waals surface area (Å²) in [5.41, 5.74) is 19.2. The summed E-state index contributed by atoms with van der Waals surface area (Å²) in [6.07, 6.45) is 0. The molecule has 0 unspecified atom stereocenters. The maximum atomic E-state index is 6.31. The predicted molar refractivity (Wildman–Crippen MR) is 381 cm³/mol. The summed E-state index contributed by atoms with van der Waals surface area (Å²) in [7, 11) is 0. The Bertz CT molecular complexity index is 5760. The zero-order valence-electron chi connectivity index (χ0n) is 48.7. The minimum atomic E-state index is 0.915. The van der Waals surface area contributed by atoms with Crippen LogP contribution < -0.4 is 0 Å². The first kappa shape index (κ1) is 51.8. The number of furan rings is 1. The summed E-state index contributed by atoms with van der Waals surface area (Å²) in [5, 5.41) is 19.9. The van der Waals surface area contributed by atoms with Crippen LogP contribution in [0.25, 0.3) is 175 Å². The van der Waals surface area contributed by atoms with Crippen LogP contribution in [0.3, 0.4) is 0 Å². The second-order valence-corrected chi connectivity index (χ2v) is 23.3. The summed E-state index contributed by atoms with van der Waals surface area (Å²) in [5.74, 6) is 0. The van der Waals surface area contributed by atoms with Gasteiger partial charge in [-0.15, -0.1) is 0 Å². The van der Waals surface area contributed by atoms with Crippen molar-refractivity contribution in [2.75, 3.05) is 0 Å². The van der Waals surface area contributed by atoms with Gasteiger partial charge in [-0.1, -0.05) is 303 Å². The second kappa shape index (κ2) is 21.7. The van der Waals surface area contributed by atoms with Crippen molar-refractivity contribution in [3.8, 4) is 77.9 Å². The van der Waals surface area contributed by atoms with E-state index in [4.69, 9.17) is 4.42 Å². The van der Waals surface area contributed by atoms with Gasteiger partial charge in [0.05, 0.1) is 0 Å². The Morgan fingerprint density at radius 1 is 0.157 bits per heavy atom. The highest BCUT2D eigenvalue weighted by atomic mass is 16.3. The quantitative estimate of drug-likeness (QED) is 0.145. The molecule has 0 aliphatic carbocycles. The highest BCUT2D eigenvalue weighted by Crippen LogP contribution is 2.49. The van der Waals surface area contributed by atoms with E-state index in [1.165, 1.54) is 159 Å². The molecule has 414 valence electrons. The molecule has 0 saturated heterocycles. The average Bonchev–Trinajstić information content (AvgIpc) is 1.16. The molecule has 17 aromatic carbocycles. The number of benzene rings is 17. The first-order chi connectivity index (χ1) is 44.1. The lowest BCUT2D eigenvalue weighted by atomic mass is 9.83. The van der Waals surface area contributed by atoms with Crippen LogP contribution in [-0.4, -0.2) is 0 Å². The van der Waals surface area contributed by atoms with Crippen molar-refractivity contribution in [1.29, 1.82) is 0 Å². The lowest BCUT2D eigenvalue weighted by molar-refractivity contribution is 0.669. The highest BCUT2D eigenvalue weighted by molar-refractivity contribution is 6.25. The van der Waals surface area contributed by atoms with Crippen molar-refractivity contribution in [2.24, 2.45) is 0 Å². The van der Waals surface area contributed by atoms with Gasteiger partial charge in [-0.3, -0.25) is 0 Å². The lowest BCUT2D eigenvalue weighted by Crippen LogP contribution is -1.92. The number of hydrogen-bond donors (Lipinski definition) is 0. The van der Waals surface area contributed by atoms with E-state index < -0.39 is 0 Å². The summed E-state index contributed by atoms with van der Waals surface area (Å²) < 4.78 is 6.31. The van der Waals surface area contributed by atoms with Crippen molar-refractivity contribution >= 4 is 97.3 Å². The Labute approximate surface area is 516 Å². The number of fused-ring (bicyclic) bond motifs is 11. The van der Waals surface area contributed by atoms with Crippen molar-refractivity contribution in [1.82, 2.24) is 0 Å². The molecule has 89 heavy (non-hydrogen) atoms. The summed E-state index contributed by atoms with van der Waals surface area (Å²) in [6.45, 7) is 0. The van der Waals surface area contributed by atoms with Crippen LogP contribution in [0.1, 0.15) is 0 Å². The first-order valence-corrected chi connectivity index (χ1v) is 30.7. The van der Waals surface area contributed by atoms with E-state index in [1.54, 1.807) is 0 Å². The fourth-order valence-electron chi connectivity index (χ4n) is 14.1. The largest absolute Gasteiger partial charge is 0.456 e. The van der Waals surface area contributed by atoms with Crippen LogP contribution in [0.15, 0.2) is 344 Å². The van der Waals surface area contributed by atoms with Crippen LogP contribution in [0, 0.1) is 0 Å². The zero-order chi connectivity index (χ0) is 58.8. The molecule has 1 heteroatoms. The van der Waals surface area contributed by atoms with Gasteiger partial charge in [-0.2, -0.15) is 0 Å². The molecular weight excluding hydrogens is 1070 g/mol. The van der Waals surface area contributed by atoms with E-state index >= 15 is 0 Å². The van der Waals surface area contributed by atoms with Crippen LogP contribution in [0.4, 0.5) is 0 Å². The van der Waals surface area contributed by atoms with Crippen LogP contribution in [0.5, 0.6) is 0 Å². The van der Waals surface area contributed by atoms with E-state index in [-0.39, 0.29) is 0 Å². The molecule has 0 fully saturated rings. The lowest BCUT2D eigenvalue weighted by Gasteiger charge is -2.20. The Kier molecular flexibility index (Phi) is 12.6. The van der Waals surface area contributed by atoms with Crippen molar-refractivity contribution < 1.29 is 4.42 Å². The molecule has 1 aromatic heterocycles. The van der Waals surface area contributed by atoms with E-state index in [0.717, 1.165) is 16.6 Å². The van der Waals surface area contributed by atoms with Gasteiger partial charge in [-0.05, 0) is 190 Å². The van der Waals surface area contributed by atoms with Gasteiger partial charge < -0.3 is 4.42 Å².